The number of aromatic carboxylic acids is 1. The van der Waals surface area contributed by atoms with Crippen LogP contribution in [0.15, 0.2) is 30.3 Å². The molecule has 0 saturated heterocycles. The number of nitrogens with zero attached hydrogens (tertiary/aromatic N) is 1. The van der Waals surface area contributed by atoms with Crippen LogP contribution in [0.1, 0.15) is 54.7 Å². The van der Waals surface area contributed by atoms with E-state index < -0.39 is 13.3 Å². The molecule has 0 aliphatic heterocycles. The van der Waals surface area contributed by atoms with E-state index in [0.29, 0.717) is 5.69 Å². The van der Waals surface area contributed by atoms with Gasteiger partial charge in [0.2, 0.25) is 0 Å². The molecular weight excluding hydrogens is 365 g/mol. The van der Waals surface area contributed by atoms with Gasteiger partial charge in [-0.1, -0.05) is 38.5 Å². The number of carbonyl (C=O) groups is 1. The van der Waals surface area contributed by atoms with Gasteiger partial charge in [0.05, 0.1) is 5.69 Å². The summed E-state index contributed by atoms with van der Waals surface area (Å²) in [6.07, 6.45) is 0. The molecule has 1 unspecified atom stereocenters. The highest BCUT2D eigenvalue weighted by molar-refractivity contribution is 7.72. The fourth-order valence-corrected chi connectivity index (χ4v) is 6.46. The maximum atomic E-state index is 13.8. The third-order valence-corrected chi connectivity index (χ3v) is 8.60. The highest BCUT2D eigenvalue weighted by atomic mass is 32.1. The van der Waals surface area contributed by atoms with Gasteiger partial charge in [0.1, 0.15) is 4.88 Å². The average Bonchev–Trinajstić information content (AvgIpc) is 2.92. The molecule has 0 aliphatic carbocycles. The van der Waals surface area contributed by atoms with Crippen molar-refractivity contribution in [1.29, 1.82) is 0 Å². The molecule has 142 valence electrons. The number of aryl methyl sites for hydroxylation is 1. The summed E-state index contributed by atoms with van der Waals surface area (Å²) < 4.78 is 15.6. The van der Waals surface area contributed by atoms with E-state index in [1.54, 1.807) is 11.3 Å². The van der Waals surface area contributed by atoms with Crippen LogP contribution in [0.5, 0.6) is 0 Å². The van der Waals surface area contributed by atoms with Crippen LogP contribution >= 0.6 is 18.6 Å². The van der Waals surface area contributed by atoms with Crippen LogP contribution < -0.4 is 9.97 Å². The monoisotopic (exact) mass is 393 g/mol. The third kappa shape index (κ3) is 4.05. The lowest BCUT2D eigenvalue weighted by Crippen LogP contribution is -2.32. The first-order valence-corrected chi connectivity index (χ1v) is 11.6. The number of carboxylic acids is 1. The zero-order valence-corrected chi connectivity index (χ0v) is 18.2. The Morgan fingerprint density at radius 3 is 2.15 bits per heavy atom. The largest absolute Gasteiger partial charge is 0.477 e. The molecule has 1 N–H and O–H groups in total. The third-order valence-electron chi connectivity index (χ3n) is 4.31. The zero-order chi connectivity index (χ0) is 19.9. The first-order chi connectivity index (χ1) is 11.9. The predicted octanol–water partition coefficient (Wildman–Crippen LogP) is 5.50. The van der Waals surface area contributed by atoms with Crippen LogP contribution in [0.25, 0.3) is 0 Å². The number of anilines is 1. The van der Waals surface area contributed by atoms with Crippen LogP contribution in [-0.4, -0.2) is 23.8 Å². The lowest BCUT2D eigenvalue weighted by atomic mass is 9.94. The van der Waals surface area contributed by atoms with Crippen LogP contribution in [0, 0.1) is 6.92 Å². The molecule has 0 spiro atoms. The van der Waals surface area contributed by atoms with Gasteiger partial charge in [-0.15, -0.1) is 11.3 Å². The van der Waals surface area contributed by atoms with Crippen molar-refractivity contribution in [2.24, 2.45) is 0 Å². The summed E-state index contributed by atoms with van der Waals surface area (Å²) >= 11 is 1.27. The maximum Gasteiger partial charge on any atom is 0.348 e. The van der Waals surface area contributed by atoms with E-state index in [1.165, 1.54) is 11.3 Å². The second-order valence-electron chi connectivity index (χ2n) is 8.03. The fourth-order valence-electron chi connectivity index (χ4n) is 2.94. The standard InChI is InChI=1S/C20H28NO3PS/c1-13(2)21(25(7,24)15-10-8-14(3)9-11-15)16-12-17(20(4,5)6)26-18(16)19(22)23/h8-13H,1-7H3,(H,22,23). The number of hydrogen-bond donors (Lipinski definition) is 1. The molecule has 1 heterocycles. The SMILES string of the molecule is Cc1ccc(P(C)(=O)N(c2cc(C(C)(C)C)sc2C(=O)O)C(C)C)cc1. The molecule has 0 fully saturated rings. The number of thiophene rings is 1. The number of benzene rings is 1. The van der Waals surface area contributed by atoms with E-state index in [-0.39, 0.29) is 16.3 Å². The summed E-state index contributed by atoms with van der Waals surface area (Å²) in [6, 6.07) is 9.43. The van der Waals surface area contributed by atoms with Gasteiger partial charge >= 0.3 is 5.97 Å². The van der Waals surface area contributed by atoms with E-state index in [0.717, 1.165) is 15.7 Å². The normalized spacial score (nSPS) is 14.3. The molecule has 6 heteroatoms. The summed E-state index contributed by atoms with van der Waals surface area (Å²) in [7, 11) is -2.98. The van der Waals surface area contributed by atoms with Crippen molar-refractivity contribution in [3.05, 3.63) is 45.6 Å². The molecule has 1 aromatic heterocycles. The van der Waals surface area contributed by atoms with E-state index in [1.807, 2.05) is 51.1 Å². The van der Waals surface area contributed by atoms with Gasteiger partial charge in [-0.3, -0.25) is 4.57 Å². The Balaban J connectivity index is 2.67. The summed E-state index contributed by atoms with van der Waals surface area (Å²) in [4.78, 5) is 13.1. The molecule has 0 bridgehead atoms. The summed E-state index contributed by atoms with van der Waals surface area (Å²) in [5, 5.41) is 10.5. The van der Waals surface area contributed by atoms with Crippen molar-refractivity contribution in [3.8, 4) is 0 Å². The van der Waals surface area contributed by atoms with Crippen LogP contribution in [0.2, 0.25) is 0 Å². The van der Waals surface area contributed by atoms with E-state index in [9.17, 15) is 14.5 Å². The van der Waals surface area contributed by atoms with Crippen LogP contribution in [-0.2, 0) is 9.98 Å². The molecule has 2 aromatic rings. The Morgan fingerprint density at radius 1 is 1.19 bits per heavy atom. The fraction of sp³-hybridized carbons (Fsp3) is 0.450. The molecule has 0 amide bonds. The minimum Gasteiger partial charge on any atom is -0.477 e. The lowest BCUT2D eigenvalue weighted by Gasteiger charge is -2.35. The number of rotatable bonds is 5. The first-order valence-electron chi connectivity index (χ1n) is 8.67. The molecule has 26 heavy (non-hydrogen) atoms. The van der Waals surface area contributed by atoms with Crippen molar-refractivity contribution in [1.82, 2.24) is 0 Å². The highest BCUT2D eigenvalue weighted by Crippen LogP contribution is 2.52. The lowest BCUT2D eigenvalue weighted by molar-refractivity contribution is 0.0703. The van der Waals surface area contributed by atoms with Crippen molar-refractivity contribution < 1.29 is 14.5 Å². The first kappa shape index (κ1) is 20.7. The minimum absolute atomic E-state index is 0.104. The Hall–Kier alpha value is -1.58. The van der Waals surface area contributed by atoms with Crippen molar-refractivity contribution in [3.63, 3.8) is 0 Å². The van der Waals surface area contributed by atoms with E-state index in [2.05, 4.69) is 20.8 Å². The molecular formula is C20H28NO3PS. The van der Waals surface area contributed by atoms with Gasteiger partial charge in [-0.2, -0.15) is 0 Å². The quantitative estimate of drug-likeness (QED) is 0.682. The van der Waals surface area contributed by atoms with Crippen molar-refractivity contribution in [2.45, 2.75) is 53.0 Å². The minimum atomic E-state index is -2.98. The predicted molar refractivity (Wildman–Crippen MR) is 112 cm³/mol. The smallest absolute Gasteiger partial charge is 0.348 e. The van der Waals surface area contributed by atoms with Gasteiger partial charge in [0.25, 0.3) is 0 Å². The molecule has 1 atom stereocenters. The zero-order valence-electron chi connectivity index (χ0n) is 16.5. The average molecular weight is 393 g/mol. The Bertz CT molecular complexity index is 847. The van der Waals surface area contributed by atoms with Crippen LogP contribution in [0.3, 0.4) is 0 Å². The molecule has 2 rings (SSSR count). The molecule has 0 aliphatic rings. The van der Waals surface area contributed by atoms with Crippen molar-refractivity contribution in [2.75, 3.05) is 11.3 Å². The van der Waals surface area contributed by atoms with Gasteiger partial charge in [-0.25, -0.2) is 4.79 Å². The highest BCUT2D eigenvalue weighted by Gasteiger charge is 2.35. The van der Waals surface area contributed by atoms with Gasteiger partial charge < -0.3 is 9.78 Å². The van der Waals surface area contributed by atoms with Crippen LogP contribution in [0.4, 0.5) is 5.69 Å². The second-order valence-corrected chi connectivity index (χ2v) is 11.8. The van der Waals surface area contributed by atoms with Gasteiger partial charge in [0, 0.05) is 22.9 Å². The topological polar surface area (TPSA) is 57.6 Å². The molecule has 0 radical (unpaired) electrons. The number of carboxylic acid groups (broad SMARTS) is 1. The number of hydrogen-bond acceptors (Lipinski definition) is 3. The summed E-state index contributed by atoms with van der Waals surface area (Å²) in [5.74, 6) is -0.977. The molecule has 4 nitrogen and oxygen atoms in total. The molecule has 1 aromatic carbocycles. The Kier molecular flexibility index (Phi) is 5.74. The van der Waals surface area contributed by atoms with E-state index >= 15 is 0 Å². The second kappa shape index (κ2) is 7.21. The van der Waals surface area contributed by atoms with Crippen molar-refractivity contribution >= 4 is 35.6 Å². The van der Waals surface area contributed by atoms with E-state index in [4.69, 9.17) is 0 Å². The Labute approximate surface area is 160 Å². The van der Waals surface area contributed by atoms with Gasteiger partial charge in [-0.05, 0) is 44.4 Å². The maximum absolute atomic E-state index is 13.8. The Morgan fingerprint density at radius 2 is 1.73 bits per heavy atom. The molecule has 0 saturated carbocycles. The van der Waals surface area contributed by atoms with Gasteiger partial charge in [0.15, 0.2) is 7.29 Å². The summed E-state index contributed by atoms with van der Waals surface area (Å²) in [5.41, 5.74) is 1.48. The summed E-state index contributed by atoms with van der Waals surface area (Å²) in [6.45, 7) is 13.8.